The fourth-order valence-electron chi connectivity index (χ4n) is 1.93. The van der Waals surface area contributed by atoms with E-state index in [1.807, 2.05) is 0 Å². The number of benzene rings is 2. The van der Waals surface area contributed by atoms with E-state index >= 15 is 0 Å². The molecule has 0 aromatic heterocycles. The quantitative estimate of drug-likeness (QED) is 0.738. The third-order valence-corrected chi connectivity index (χ3v) is 5.41. The van der Waals surface area contributed by atoms with Crippen molar-refractivity contribution < 1.29 is 0 Å². The van der Waals surface area contributed by atoms with E-state index in [0.29, 0.717) is 15.0 Å². The Bertz CT molecular complexity index is 463. The summed E-state index contributed by atoms with van der Waals surface area (Å²) in [6.45, 7) is 6.61. The van der Waals surface area contributed by atoms with Crippen LogP contribution in [0, 0.1) is 20.8 Å². The van der Waals surface area contributed by atoms with Crippen LogP contribution in [0.25, 0.3) is 0 Å². The molecule has 1 heteroatoms. The van der Waals surface area contributed by atoms with Gasteiger partial charge < -0.3 is 0 Å². The van der Waals surface area contributed by atoms with Gasteiger partial charge in [0.25, 0.3) is 0 Å². The van der Waals surface area contributed by atoms with Crippen molar-refractivity contribution in [3.8, 4) is 0 Å². The molecule has 0 nitrogen and oxygen atoms in total. The van der Waals surface area contributed by atoms with Crippen LogP contribution in [0.15, 0.2) is 42.5 Å². The average Bonchev–Trinajstić information content (AvgIpc) is 2.25. The minimum atomic E-state index is 0.434. The maximum absolute atomic E-state index is 2.28. The molecule has 0 atom stereocenters. The average molecular weight is 275 g/mol. The number of rotatable bonds is 2. The van der Waals surface area contributed by atoms with Gasteiger partial charge in [-0.3, -0.25) is 0 Å². The molecule has 2 aromatic rings. The summed E-state index contributed by atoms with van der Waals surface area (Å²) in [4.78, 5) is 0. The van der Waals surface area contributed by atoms with Crippen molar-refractivity contribution in [1.29, 1.82) is 0 Å². The van der Waals surface area contributed by atoms with Crippen LogP contribution in [-0.2, 0) is 0 Å². The summed E-state index contributed by atoms with van der Waals surface area (Å²) in [6.07, 6.45) is 0. The summed E-state index contributed by atoms with van der Waals surface area (Å²) >= 11 is 0.434. The molecule has 0 saturated heterocycles. The van der Waals surface area contributed by atoms with Crippen LogP contribution >= 0.6 is 0 Å². The summed E-state index contributed by atoms with van der Waals surface area (Å²) in [6, 6.07) is 15.3. The fourth-order valence-corrected chi connectivity index (χ4v) is 3.97. The molecule has 0 aliphatic rings. The molecule has 0 radical (unpaired) electrons. The van der Waals surface area contributed by atoms with Gasteiger partial charge in [0.2, 0.25) is 0 Å². The Labute approximate surface area is 104 Å². The maximum atomic E-state index is 2.28. The summed E-state index contributed by atoms with van der Waals surface area (Å²) < 4.78 is 2.98. The second-order valence-electron chi connectivity index (χ2n) is 4.14. The van der Waals surface area contributed by atoms with Crippen molar-refractivity contribution in [3.63, 3.8) is 0 Å². The third kappa shape index (κ3) is 2.55. The summed E-state index contributed by atoms with van der Waals surface area (Å²) in [7, 11) is 0. The first-order valence-electron chi connectivity index (χ1n) is 5.47. The van der Waals surface area contributed by atoms with Gasteiger partial charge in [0.15, 0.2) is 0 Å². The number of aryl methyl sites for hydroxylation is 3. The van der Waals surface area contributed by atoms with E-state index in [2.05, 4.69) is 63.2 Å². The van der Waals surface area contributed by atoms with Crippen molar-refractivity contribution >= 4 is 23.9 Å². The topological polar surface area (TPSA) is 0 Å². The van der Waals surface area contributed by atoms with Crippen LogP contribution in [0.4, 0.5) is 0 Å². The SMILES string of the molecule is Cc1cc(C)c([Se]c2ccccc2)c(C)c1. The molecule has 0 aliphatic carbocycles. The Hall–Kier alpha value is -1.04. The number of hydrogen-bond acceptors (Lipinski definition) is 0. The third-order valence-electron chi connectivity index (χ3n) is 2.57. The Morgan fingerprint density at radius 1 is 0.812 bits per heavy atom. The first-order chi connectivity index (χ1) is 7.66. The van der Waals surface area contributed by atoms with Gasteiger partial charge >= 0.3 is 104 Å². The Kier molecular flexibility index (Phi) is 3.48. The van der Waals surface area contributed by atoms with Gasteiger partial charge in [-0.05, 0) is 0 Å². The van der Waals surface area contributed by atoms with Gasteiger partial charge in [0.1, 0.15) is 0 Å². The zero-order chi connectivity index (χ0) is 11.5. The van der Waals surface area contributed by atoms with E-state index in [4.69, 9.17) is 0 Å². The van der Waals surface area contributed by atoms with E-state index in [-0.39, 0.29) is 0 Å². The molecular formula is C15H16Se. The van der Waals surface area contributed by atoms with Crippen LogP contribution in [0.5, 0.6) is 0 Å². The molecule has 0 saturated carbocycles. The van der Waals surface area contributed by atoms with Crippen LogP contribution in [0.2, 0.25) is 0 Å². The fraction of sp³-hybridized carbons (Fsp3) is 0.200. The van der Waals surface area contributed by atoms with Gasteiger partial charge in [-0.1, -0.05) is 0 Å². The van der Waals surface area contributed by atoms with Gasteiger partial charge in [0, 0.05) is 0 Å². The van der Waals surface area contributed by atoms with Crippen LogP contribution in [0.3, 0.4) is 0 Å². The van der Waals surface area contributed by atoms with E-state index in [9.17, 15) is 0 Å². The molecule has 0 fully saturated rings. The Morgan fingerprint density at radius 2 is 1.38 bits per heavy atom. The molecule has 0 aliphatic heterocycles. The van der Waals surface area contributed by atoms with Crippen LogP contribution < -0.4 is 8.92 Å². The molecule has 0 unspecified atom stereocenters. The van der Waals surface area contributed by atoms with Gasteiger partial charge in [-0.15, -0.1) is 0 Å². The van der Waals surface area contributed by atoms with Gasteiger partial charge in [0.05, 0.1) is 0 Å². The summed E-state index contributed by atoms with van der Waals surface area (Å²) in [5.74, 6) is 0. The van der Waals surface area contributed by atoms with Crippen molar-refractivity contribution in [2.75, 3.05) is 0 Å². The zero-order valence-corrected chi connectivity index (χ0v) is 11.7. The predicted octanol–water partition coefficient (Wildman–Crippen LogP) is 2.27. The molecule has 0 spiro atoms. The summed E-state index contributed by atoms with van der Waals surface area (Å²) in [5, 5.41) is 0. The molecule has 0 amide bonds. The first kappa shape index (κ1) is 11.4. The molecular weight excluding hydrogens is 259 g/mol. The minimum absolute atomic E-state index is 0.434. The van der Waals surface area contributed by atoms with E-state index in [1.54, 1.807) is 0 Å². The molecule has 82 valence electrons. The van der Waals surface area contributed by atoms with Gasteiger partial charge in [-0.25, -0.2) is 0 Å². The standard InChI is InChI=1S/C15H16Se/c1-11-9-12(2)15(13(3)10-11)16-14-7-5-4-6-8-14/h4-10H,1-3H3. The number of hydrogen-bond donors (Lipinski definition) is 0. The van der Waals surface area contributed by atoms with E-state index in [1.165, 1.54) is 25.6 Å². The van der Waals surface area contributed by atoms with Gasteiger partial charge in [-0.2, -0.15) is 0 Å². The predicted molar refractivity (Wildman–Crippen MR) is 72.1 cm³/mol. The molecule has 0 heterocycles. The van der Waals surface area contributed by atoms with E-state index < -0.39 is 0 Å². The van der Waals surface area contributed by atoms with Crippen LogP contribution in [0.1, 0.15) is 16.7 Å². The first-order valence-corrected chi connectivity index (χ1v) is 7.19. The van der Waals surface area contributed by atoms with Crippen molar-refractivity contribution in [1.82, 2.24) is 0 Å². The van der Waals surface area contributed by atoms with Crippen LogP contribution in [-0.4, -0.2) is 15.0 Å². The molecule has 16 heavy (non-hydrogen) atoms. The van der Waals surface area contributed by atoms with E-state index in [0.717, 1.165) is 0 Å². The monoisotopic (exact) mass is 276 g/mol. The second-order valence-corrected chi connectivity index (χ2v) is 6.42. The van der Waals surface area contributed by atoms with Crippen molar-refractivity contribution in [2.24, 2.45) is 0 Å². The Balaban J connectivity index is 2.35. The van der Waals surface area contributed by atoms with Crippen molar-refractivity contribution in [2.45, 2.75) is 20.8 Å². The summed E-state index contributed by atoms with van der Waals surface area (Å²) in [5.41, 5.74) is 4.23. The Morgan fingerprint density at radius 3 is 1.94 bits per heavy atom. The zero-order valence-electron chi connectivity index (χ0n) is 9.95. The molecule has 0 N–H and O–H groups in total. The molecule has 2 rings (SSSR count). The second kappa shape index (κ2) is 4.86. The normalized spacial score (nSPS) is 10.4. The molecule has 0 bridgehead atoms. The van der Waals surface area contributed by atoms with Crippen molar-refractivity contribution in [3.05, 3.63) is 59.2 Å². The molecule has 2 aromatic carbocycles.